The SMILES string of the molecule is CSc1cc([N+](=O)[O-])ccc1C[C@@H](O)c1ccccc1. The third-order valence-corrected chi connectivity index (χ3v) is 3.90. The van der Waals surface area contributed by atoms with Gasteiger partial charge in [0.2, 0.25) is 0 Å². The maximum absolute atomic E-state index is 10.8. The molecule has 4 nitrogen and oxygen atoms in total. The van der Waals surface area contributed by atoms with Crippen molar-refractivity contribution in [3.8, 4) is 0 Å². The molecule has 0 amide bonds. The molecule has 0 aliphatic carbocycles. The first-order chi connectivity index (χ1) is 9.61. The van der Waals surface area contributed by atoms with E-state index in [1.54, 1.807) is 12.1 Å². The summed E-state index contributed by atoms with van der Waals surface area (Å²) in [5.41, 5.74) is 1.84. The van der Waals surface area contributed by atoms with Gasteiger partial charge >= 0.3 is 0 Å². The molecule has 0 saturated carbocycles. The van der Waals surface area contributed by atoms with Crippen LogP contribution in [0, 0.1) is 10.1 Å². The molecular weight excluding hydrogens is 274 g/mol. The fraction of sp³-hybridized carbons (Fsp3) is 0.200. The predicted molar refractivity (Wildman–Crippen MR) is 80.0 cm³/mol. The van der Waals surface area contributed by atoms with Gasteiger partial charge in [0, 0.05) is 23.4 Å². The monoisotopic (exact) mass is 289 g/mol. The minimum absolute atomic E-state index is 0.0762. The summed E-state index contributed by atoms with van der Waals surface area (Å²) >= 11 is 1.45. The Hall–Kier alpha value is -1.85. The minimum Gasteiger partial charge on any atom is -0.388 e. The van der Waals surface area contributed by atoms with E-state index in [0.717, 1.165) is 16.0 Å². The van der Waals surface area contributed by atoms with Crippen LogP contribution in [-0.2, 0) is 6.42 Å². The largest absolute Gasteiger partial charge is 0.388 e. The van der Waals surface area contributed by atoms with Crippen LogP contribution in [0.15, 0.2) is 53.4 Å². The van der Waals surface area contributed by atoms with E-state index in [-0.39, 0.29) is 5.69 Å². The van der Waals surface area contributed by atoms with Crippen LogP contribution in [0.25, 0.3) is 0 Å². The molecular formula is C15H15NO3S. The van der Waals surface area contributed by atoms with Gasteiger partial charge in [-0.05, 0) is 17.4 Å². The highest BCUT2D eigenvalue weighted by atomic mass is 32.2. The number of hydrogen-bond acceptors (Lipinski definition) is 4. The van der Waals surface area contributed by atoms with Crippen molar-refractivity contribution in [3.05, 3.63) is 69.8 Å². The first-order valence-corrected chi connectivity index (χ1v) is 7.38. The molecule has 0 aromatic heterocycles. The molecule has 0 aliphatic rings. The van der Waals surface area contributed by atoms with E-state index in [9.17, 15) is 15.2 Å². The number of non-ortho nitro benzene ring substituents is 1. The lowest BCUT2D eigenvalue weighted by Gasteiger charge is -2.13. The minimum atomic E-state index is -0.608. The van der Waals surface area contributed by atoms with Gasteiger partial charge in [-0.3, -0.25) is 10.1 Å². The summed E-state index contributed by atoms with van der Waals surface area (Å²) in [6, 6.07) is 14.1. The van der Waals surface area contributed by atoms with E-state index in [0.29, 0.717) is 6.42 Å². The molecule has 0 radical (unpaired) electrons. The summed E-state index contributed by atoms with van der Waals surface area (Å²) in [5.74, 6) is 0. The normalized spacial score (nSPS) is 12.1. The zero-order chi connectivity index (χ0) is 14.5. The summed E-state index contributed by atoms with van der Waals surface area (Å²) in [6.45, 7) is 0. The second kappa shape index (κ2) is 6.54. The summed E-state index contributed by atoms with van der Waals surface area (Å²) in [5, 5.41) is 21.0. The number of nitrogens with zero attached hydrogens (tertiary/aromatic N) is 1. The van der Waals surface area contributed by atoms with Crippen LogP contribution in [-0.4, -0.2) is 16.3 Å². The van der Waals surface area contributed by atoms with Crippen molar-refractivity contribution >= 4 is 17.4 Å². The van der Waals surface area contributed by atoms with E-state index in [1.807, 2.05) is 36.6 Å². The van der Waals surface area contributed by atoms with Crippen LogP contribution in [0.2, 0.25) is 0 Å². The Morgan fingerprint density at radius 2 is 1.95 bits per heavy atom. The summed E-state index contributed by atoms with van der Waals surface area (Å²) < 4.78 is 0. The van der Waals surface area contributed by atoms with Crippen molar-refractivity contribution in [2.45, 2.75) is 17.4 Å². The zero-order valence-electron chi connectivity index (χ0n) is 11.0. The lowest BCUT2D eigenvalue weighted by molar-refractivity contribution is -0.385. The van der Waals surface area contributed by atoms with Gasteiger partial charge in [0.1, 0.15) is 0 Å². The molecule has 0 bridgehead atoms. The predicted octanol–water partition coefficient (Wildman–Crippen LogP) is 3.59. The van der Waals surface area contributed by atoms with Gasteiger partial charge in [-0.2, -0.15) is 0 Å². The second-order valence-electron chi connectivity index (χ2n) is 4.38. The average molecular weight is 289 g/mol. The Morgan fingerprint density at radius 1 is 1.25 bits per heavy atom. The number of rotatable bonds is 5. The highest BCUT2D eigenvalue weighted by Gasteiger charge is 2.14. The van der Waals surface area contributed by atoms with Crippen LogP contribution in [0.3, 0.4) is 0 Å². The highest BCUT2D eigenvalue weighted by molar-refractivity contribution is 7.98. The maximum Gasteiger partial charge on any atom is 0.270 e. The fourth-order valence-electron chi connectivity index (χ4n) is 2.02. The number of thioether (sulfide) groups is 1. The van der Waals surface area contributed by atoms with E-state index < -0.39 is 11.0 Å². The average Bonchev–Trinajstić information content (AvgIpc) is 2.48. The van der Waals surface area contributed by atoms with Crippen molar-refractivity contribution in [1.29, 1.82) is 0 Å². The Bertz CT molecular complexity index is 601. The van der Waals surface area contributed by atoms with Gasteiger partial charge in [0.25, 0.3) is 5.69 Å². The van der Waals surface area contributed by atoms with Gasteiger partial charge in [-0.15, -0.1) is 11.8 Å². The van der Waals surface area contributed by atoms with E-state index in [4.69, 9.17) is 0 Å². The van der Waals surface area contributed by atoms with Crippen molar-refractivity contribution in [2.24, 2.45) is 0 Å². The molecule has 2 aromatic rings. The molecule has 2 rings (SSSR count). The Morgan fingerprint density at radius 3 is 2.55 bits per heavy atom. The van der Waals surface area contributed by atoms with Gasteiger partial charge in [0.05, 0.1) is 11.0 Å². The molecule has 5 heteroatoms. The third-order valence-electron chi connectivity index (χ3n) is 3.08. The lowest BCUT2D eigenvalue weighted by atomic mass is 10.0. The van der Waals surface area contributed by atoms with Crippen LogP contribution in [0.1, 0.15) is 17.2 Å². The number of hydrogen-bond donors (Lipinski definition) is 1. The molecule has 20 heavy (non-hydrogen) atoms. The summed E-state index contributed by atoms with van der Waals surface area (Å²) in [6.07, 6.45) is 1.71. The quantitative estimate of drug-likeness (QED) is 0.519. The standard InChI is InChI=1S/C15H15NO3S/c1-20-15-10-13(16(18)19)8-7-12(15)9-14(17)11-5-3-2-4-6-11/h2-8,10,14,17H,9H2,1H3/t14-/m1/s1. The van der Waals surface area contributed by atoms with Crippen LogP contribution in [0.4, 0.5) is 5.69 Å². The summed E-state index contributed by atoms with van der Waals surface area (Å²) in [7, 11) is 0. The molecule has 1 atom stereocenters. The van der Waals surface area contributed by atoms with Crippen molar-refractivity contribution in [3.63, 3.8) is 0 Å². The van der Waals surface area contributed by atoms with Gasteiger partial charge in [0.15, 0.2) is 0 Å². The Labute approximate surface area is 121 Å². The maximum atomic E-state index is 10.8. The molecule has 0 fully saturated rings. The molecule has 0 saturated heterocycles. The summed E-state index contributed by atoms with van der Waals surface area (Å²) in [4.78, 5) is 11.2. The van der Waals surface area contributed by atoms with Gasteiger partial charge in [-0.1, -0.05) is 36.4 Å². The lowest BCUT2D eigenvalue weighted by Crippen LogP contribution is -2.03. The smallest absolute Gasteiger partial charge is 0.270 e. The topological polar surface area (TPSA) is 63.4 Å². The van der Waals surface area contributed by atoms with E-state index in [1.165, 1.54) is 17.8 Å². The molecule has 0 spiro atoms. The van der Waals surface area contributed by atoms with Crippen molar-refractivity contribution in [1.82, 2.24) is 0 Å². The number of nitro groups is 1. The number of nitro benzene ring substituents is 1. The van der Waals surface area contributed by atoms with Crippen molar-refractivity contribution in [2.75, 3.05) is 6.26 Å². The molecule has 1 N–H and O–H groups in total. The van der Waals surface area contributed by atoms with E-state index >= 15 is 0 Å². The number of aliphatic hydroxyl groups excluding tert-OH is 1. The fourth-order valence-corrected chi connectivity index (χ4v) is 2.67. The van der Waals surface area contributed by atoms with Gasteiger partial charge in [-0.25, -0.2) is 0 Å². The first-order valence-electron chi connectivity index (χ1n) is 6.16. The van der Waals surface area contributed by atoms with Gasteiger partial charge < -0.3 is 5.11 Å². The number of aliphatic hydroxyl groups is 1. The second-order valence-corrected chi connectivity index (χ2v) is 5.23. The first kappa shape index (κ1) is 14.6. The molecule has 104 valence electrons. The van der Waals surface area contributed by atoms with Crippen LogP contribution >= 0.6 is 11.8 Å². The molecule has 2 aromatic carbocycles. The Kier molecular flexibility index (Phi) is 4.76. The van der Waals surface area contributed by atoms with Crippen molar-refractivity contribution < 1.29 is 10.0 Å². The molecule has 0 aliphatic heterocycles. The molecule has 0 unspecified atom stereocenters. The molecule has 0 heterocycles. The zero-order valence-corrected chi connectivity index (χ0v) is 11.8. The third kappa shape index (κ3) is 3.37. The van der Waals surface area contributed by atoms with Crippen LogP contribution < -0.4 is 0 Å². The highest BCUT2D eigenvalue weighted by Crippen LogP contribution is 2.29. The number of benzene rings is 2. The Balaban J connectivity index is 2.23. The van der Waals surface area contributed by atoms with Crippen LogP contribution in [0.5, 0.6) is 0 Å². The van der Waals surface area contributed by atoms with E-state index in [2.05, 4.69) is 0 Å².